The summed E-state index contributed by atoms with van der Waals surface area (Å²) in [5.41, 5.74) is 0.0305. The zero-order valence-corrected chi connectivity index (χ0v) is 17.1. The molecule has 5 nitrogen and oxygen atoms in total. The number of nitrogens with zero attached hydrogens (tertiary/aromatic N) is 1. The van der Waals surface area contributed by atoms with Crippen LogP contribution in [0, 0.1) is 18.2 Å². The molecular formula is C18H20ClF3N2O3S. The van der Waals surface area contributed by atoms with Crippen LogP contribution in [-0.2, 0) is 14.6 Å². The largest absolute Gasteiger partial charge is 0.365 e. The Bertz CT molecular complexity index is 999. The van der Waals surface area contributed by atoms with Gasteiger partial charge in [-0.15, -0.1) is 0 Å². The molecule has 0 saturated heterocycles. The van der Waals surface area contributed by atoms with E-state index in [1.54, 1.807) is 13.8 Å². The van der Waals surface area contributed by atoms with Crippen molar-refractivity contribution >= 4 is 21.4 Å². The van der Waals surface area contributed by atoms with E-state index in [1.165, 1.54) is 12.1 Å². The fraction of sp³-hybridized carbons (Fsp3) is 0.500. The van der Waals surface area contributed by atoms with Gasteiger partial charge < -0.3 is 9.72 Å². The summed E-state index contributed by atoms with van der Waals surface area (Å²) in [6, 6.07) is 3.93. The number of rotatable bonds is 6. The van der Waals surface area contributed by atoms with Gasteiger partial charge in [-0.2, -0.15) is 0 Å². The van der Waals surface area contributed by atoms with E-state index >= 15 is 0 Å². The van der Waals surface area contributed by atoms with Crippen molar-refractivity contribution in [1.82, 2.24) is 9.97 Å². The quantitative estimate of drug-likeness (QED) is 0.725. The lowest BCUT2D eigenvalue weighted by atomic mass is 9.68. The summed E-state index contributed by atoms with van der Waals surface area (Å²) < 4.78 is 69.8. The normalized spacial score (nSPS) is 19.2. The van der Waals surface area contributed by atoms with Gasteiger partial charge in [0.05, 0.1) is 17.3 Å². The van der Waals surface area contributed by atoms with E-state index in [0.717, 1.165) is 12.3 Å². The summed E-state index contributed by atoms with van der Waals surface area (Å²) in [5, 5.41) is -0.273. The average molecular weight is 437 g/mol. The van der Waals surface area contributed by atoms with Gasteiger partial charge in [0.1, 0.15) is 17.7 Å². The minimum Gasteiger partial charge on any atom is -0.365 e. The molecule has 1 N–H and O–H groups in total. The molecule has 0 amide bonds. The SMILES string of the molecule is Cc1[nH]c([C@@H](OCC2(C)CC(F)(F)C2)c2ccc(F)c(Cl)c2)nc1S(C)(=O)=O. The van der Waals surface area contributed by atoms with E-state index in [9.17, 15) is 21.6 Å². The van der Waals surface area contributed by atoms with Crippen molar-refractivity contribution in [3.05, 3.63) is 46.1 Å². The van der Waals surface area contributed by atoms with Gasteiger partial charge in [0, 0.05) is 24.5 Å². The van der Waals surface area contributed by atoms with E-state index in [4.69, 9.17) is 16.3 Å². The van der Waals surface area contributed by atoms with E-state index < -0.39 is 33.1 Å². The molecule has 10 heteroatoms. The van der Waals surface area contributed by atoms with Gasteiger partial charge in [0.2, 0.25) is 5.92 Å². The third kappa shape index (κ3) is 4.36. The number of sulfone groups is 1. The first kappa shape index (κ1) is 21.1. The van der Waals surface area contributed by atoms with Gasteiger partial charge >= 0.3 is 0 Å². The van der Waals surface area contributed by atoms with Crippen molar-refractivity contribution < 1.29 is 26.3 Å². The van der Waals surface area contributed by atoms with Crippen LogP contribution in [0.1, 0.15) is 43.0 Å². The van der Waals surface area contributed by atoms with Crippen molar-refractivity contribution in [2.75, 3.05) is 12.9 Å². The number of imidazole rings is 1. The number of H-pyrrole nitrogens is 1. The maximum Gasteiger partial charge on any atom is 0.249 e. The van der Waals surface area contributed by atoms with E-state index in [1.807, 2.05) is 0 Å². The number of alkyl halides is 2. The van der Waals surface area contributed by atoms with Gasteiger partial charge in [0.15, 0.2) is 14.9 Å². The van der Waals surface area contributed by atoms with Crippen LogP contribution in [-0.4, -0.2) is 37.2 Å². The number of hydrogen-bond acceptors (Lipinski definition) is 4. The third-order valence-corrected chi connectivity index (χ3v) is 6.06. The average Bonchev–Trinajstić information content (AvgIpc) is 2.90. The molecule has 1 aromatic heterocycles. The highest BCUT2D eigenvalue weighted by Gasteiger charge is 2.54. The van der Waals surface area contributed by atoms with Crippen LogP contribution < -0.4 is 0 Å². The number of aromatic nitrogens is 2. The van der Waals surface area contributed by atoms with Crippen molar-refractivity contribution in [1.29, 1.82) is 0 Å². The molecular weight excluding hydrogens is 417 g/mol. The molecule has 28 heavy (non-hydrogen) atoms. The summed E-state index contributed by atoms with van der Waals surface area (Å²) >= 11 is 5.86. The van der Waals surface area contributed by atoms with Gasteiger partial charge in [0.25, 0.3) is 0 Å². The predicted octanol–water partition coefficient (Wildman–Crippen LogP) is 4.46. The number of benzene rings is 1. The van der Waals surface area contributed by atoms with Gasteiger partial charge in [-0.25, -0.2) is 26.6 Å². The zero-order valence-electron chi connectivity index (χ0n) is 15.5. The molecule has 1 heterocycles. The Hall–Kier alpha value is -1.58. The number of aromatic amines is 1. The molecule has 154 valence electrons. The van der Waals surface area contributed by atoms with Gasteiger partial charge in [-0.05, 0) is 24.6 Å². The topological polar surface area (TPSA) is 72.0 Å². The van der Waals surface area contributed by atoms with E-state index in [0.29, 0.717) is 11.3 Å². The second-order valence-corrected chi connectivity index (χ2v) is 10.0. The summed E-state index contributed by atoms with van der Waals surface area (Å²) in [6.07, 6.45) is -0.494. The molecule has 1 fully saturated rings. The highest BCUT2D eigenvalue weighted by molar-refractivity contribution is 7.90. The molecule has 0 bridgehead atoms. The van der Waals surface area contributed by atoms with Crippen LogP contribution in [0.4, 0.5) is 13.2 Å². The second kappa shape index (κ2) is 7.03. The Morgan fingerprint density at radius 1 is 1.36 bits per heavy atom. The highest BCUT2D eigenvalue weighted by Crippen LogP contribution is 2.52. The van der Waals surface area contributed by atoms with Crippen molar-refractivity contribution in [3.8, 4) is 0 Å². The minimum atomic E-state index is -3.58. The number of halogens is 4. The maximum absolute atomic E-state index is 13.6. The summed E-state index contributed by atoms with van der Waals surface area (Å²) in [7, 11) is -3.58. The van der Waals surface area contributed by atoms with Crippen molar-refractivity contribution in [2.45, 2.75) is 43.7 Å². The van der Waals surface area contributed by atoms with E-state index in [-0.39, 0.29) is 35.3 Å². The monoisotopic (exact) mass is 436 g/mol. The van der Waals surface area contributed by atoms with E-state index in [2.05, 4.69) is 9.97 Å². The number of nitrogens with one attached hydrogen (secondary N) is 1. The number of ether oxygens (including phenoxy) is 1. The Kier molecular flexibility index (Phi) is 5.31. The highest BCUT2D eigenvalue weighted by atomic mass is 35.5. The fourth-order valence-corrected chi connectivity index (χ4v) is 4.60. The lowest BCUT2D eigenvalue weighted by Crippen LogP contribution is -2.47. The molecule has 1 aliphatic rings. The Morgan fingerprint density at radius 3 is 2.50 bits per heavy atom. The first-order chi connectivity index (χ1) is 12.8. The lowest BCUT2D eigenvalue weighted by Gasteiger charge is -2.45. The first-order valence-corrected chi connectivity index (χ1v) is 10.8. The molecule has 2 aromatic rings. The number of hydrogen-bond donors (Lipinski definition) is 1. The van der Waals surface area contributed by atoms with Crippen LogP contribution in [0.3, 0.4) is 0 Å². The molecule has 1 saturated carbocycles. The molecule has 1 aliphatic carbocycles. The van der Waals surface area contributed by atoms with Crippen LogP contribution in [0.25, 0.3) is 0 Å². The molecule has 1 aromatic carbocycles. The van der Waals surface area contributed by atoms with Crippen LogP contribution >= 0.6 is 11.6 Å². The molecule has 0 aliphatic heterocycles. The zero-order chi connectivity index (χ0) is 20.9. The van der Waals surface area contributed by atoms with Crippen LogP contribution in [0.2, 0.25) is 5.02 Å². The lowest BCUT2D eigenvalue weighted by molar-refractivity contribution is -0.179. The van der Waals surface area contributed by atoms with Gasteiger partial charge in [-0.3, -0.25) is 0 Å². The van der Waals surface area contributed by atoms with Gasteiger partial charge in [-0.1, -0.05) is 24.6 Å². The second-order valence-electron chi connectivity index (χ2n) is 7.71. The standard InChI is InChI=1S/C18H20ClF3N2O3S/c1-10-16(28(3,25)26)24-15(23-10)14(11-4-5-13(20)12(19)6-11)27-9-17(2)7-18(21,22)8-17/h4-6,14H,7-9H2,1-3H3,(H,23,24)/t14-/m0/s1. The Morgan fingerprint density at radius 2 is 2.00 bits per heavy atom. The van der Waals surface area contributed by atoms with Crippen LogP contribution in [0.5, 0.6) is 0 Å². The van der Waals surface area contributed by atoms with Crippen molar-refractivity contribution in [3.63, 3.8) is 0 Å². The fourth-order valence-electron chi connectivity index (χ4n) is 3.54. The minimum absolute atomic E-state index is 0.00376. The Labute approximate surface area is 166 Å². The maximum atomic E-state index is 13.6. The Balaban J connectivity index is 1.94. The molecule has 1 atom stereocenters. The molecule has 0 spiro atoms. The molecule has 3 rings (SSSR count). The van der Waals surface area contributed by atoms with Crippen LogP contribution in [0.15, 0.2) is 23.2 Å². The predicted molar refractivity (Wildman–Crippen MR) is 97.9 cm³/mol. The van der Waals surface area contributed by atoms with Crippen molar-refractivity contribution in [2.24, 2.45) is 5.41 Å². The first-order valence-electron chi connectivity index (χ1n) is 8.51. The summed E-state index contributed by atoms with van der Waals surface area (Å²) in [6.45, 7) is 3.24. The third-order valence-electron chi connectivity index (χ3n) is 4.67. The molecule has 0 unspecified atom stereocenters. The smallest absolute Gasteiger partial charge is 0.249 e. The summed E-state index contributed by atoms with van der Waals surface area (Å²) in [5.74, 6) is -3.16. The summed E-state index contributed by atoms with van der Waals surface area (Å²) in [4.78, 5) is 7.00. The number of aryl methyl sites for hydroxylation is 1. The molecule has 0 radical (unpaired) electrons.